The molecule has 0 atom stereocenters. The van der Waals surface area contributed by atoms with Crippen molar-refractivity contribution >= 4 is 23.6 Å². The lowest BCUT2D eigenvalue weighted by atomic mass is 10.0. The average Bonchev–Trinajstić information content (AvgIpc) is 3.32. The topological polar surface area (TPSA) is 352 Å². The Kier molecular flexibility index (Phi) is 27.1. The first-order valence-electron chi connectivity index (χ1n) is 23.6. The molecule has 0 aliphatic heterocycles. The Labute approximate surface area is 446 Å². The molecule has 7 aromatic carbocycles. The van der Waals surface area contributed by atoms with Gasteiger partial charge < -0.3 is 71.5 Å². The smallest absolute Gasteiger partial charge is 0.167 e. The van der Waals surface area contributed by atoms with Gasteiger partial charge in [0.25, 0.3) is 0 Å². The first kappa shape index (κ1) is 65.4. The van der Waals surface area contributed by atoms with Gasteiger partial charge in [-0.25, -0.2) is 0 Å². The zero-order chi connectivity index (χ0) is 58.9. The SMILES string of the molecule is CC(=O)c1c(O)cccc1O.CC(=O)c1cc(O)cc(O)c1.CC(=O)c1ccc(O)cc1O.CC(C)c1ccc(O)c(O)c1.CC(C)c1cccc(O)c1O.CCCc1ccc(O)cc1O.Cc1cc(O)c(C=O)c(O)c1. The monoisotopic (exact) mass is 1060 g/mol. The number of para-hydroxylation sites is 1. The van der Waals surface area contributed by atoms with E-state index in [4.69, 9.17) is 61.3 Å². The number of carbonyl (C=O) groups excluding carboxylic acids is 4. The van der Waals surface area contributed by atoms with Gasteiger partial charge in [-0.05, 0) is 135 Å². The zero-order valence-corrected chi connectivity index (χ0v) is 44.1. The van der Waals surface area contributed by atoms with Crippen molar-refractivity contribution in [1.29, 1.82) is 0 Å². The molecule has 0 spiro atoms. The van der Waals surface area contributed by atoms with Gasteiger partial charge in [0, 0.05) is 29.3 Å². The molecule has 0 aliphatic rings. The molecule has 0 amide bonds. The van der Waals surface area contributed by atoms with Crippen LogP contribution in [0, 0.1) is 6.92 Å². The predicted molar refractivity (Wildman–Crippen MR) is 291 cm³/mol. The van der Waals surface area contributed by atoms with Crippen molar-refractivity contribution in [2.45, 2.75) is 87.0 Å². The highest BCUT2D eigenvalue weighted by Crippen LogP contribution is 2.33. The first-order chi connectivity index (χ1) is 35.9. The number of phenolic OH excluding ortho intramolecular Hbond substituents is 14. The van der Waals surface area contributed by atoms with Gasteiger partial charge in [-0.1, -0.05) is 71.4 Å². The summed E-state index contributed by atoms with van der Waals surface area (Å²) in [6.45, 7) is 15.8. The summed E-state index contributed by atoms with van der Waals surface area (Å²) in [6, 6.07) is 29.3. The molecule has 77 heavy (non-hydrogen) atoms. The van der Waals surface area contributed by atoms with Gasteiger partial charge >= 0.3 is 0 Å². The fourth-order valence-electron chi connectivity index (χ4n) is 6.33. The summed E-state index contributed by atoms with van der Waals surface area (Å²) in [4.78, 5) is 42.5. The number of phenols is 14. The van der Waals surface area contributed by atoms with E-state index in [9.17, 15) is 29.4 Å². The number of hydrogen-bond acceptors (Lipinski definition) is 18. The third kappa shape index (κ3) is 22.6. The second kappa shape index (κ2) is 31.9. The lowest BCUT2D eigenvalue weighted by Gasteiger charge is -2.08. The zero-order valence-electron chi connectivity index (χ0n) is 44.1. The minimum atomic E-state index is -0.347. The van der Waals surface area contributed by atoms with E-state index in [-0.39, 0.29) is 120 Å². The fourth-order valence-corrected chi connectivity index (χ4v) is 6.33. The van der Waals surface area contributed by atoms with Crippen LogP contribution in [0.5, 0.6) is 80.5 Å². The number of Topliss-reactive ketones (excluding diaryl/α,β-unsaturated/α-hetero) is 3. The molecule has 0 heterocycles. The normalized spacial score (nSPS) is 9.86. The number of ketones is 3. The summed E-state index contributed by atoms with van der Waals surface area (Å²) in [5.41, 5.74) is 3.87. The fraction of sp³-hybridized carbons (Fsp3) is 0.220. The molecule has 14 N–H and O–H groups in total. The number of aromatic hydroxyl groups is 14. The predicted octanol–water partition coefficient (Wildman–Crippen LogP) is 11.6. The highest BCUT2D eigenvalue weighted by Gasteiger charge is 2.12. The molecule has 0 aromatic heterocycles. The van der Waals surface area contributed by atoms with Crippen LogP contribution in [0.3, 0.4) is 0 Å². The summed E-state index contributed by atoms with van der Waals surface area (Å²) < 4.78 is 0. The minimum absolute atomic E-state index is 0.00231. The number of carbonyl (C=O) groups is 4. The molecule has 7 rings (SSSR count). The molecule has 0 radical (unpaired) electrons. The largest absolute Gasteiger partial charge is 0.508 e. The van der Waals surface area contributed by atoms with Crippen molar-refractivity contribution < 1.29 is 90.7 Å². The van der Waals surface area contributed by atoms with Crippen LogP contribution < -0.4 is 0 Å². The summed E-state index contributed by atoms with van der Waals surface area (Å²) >= 11 is 0. The Morgan fingerprint density at radius 1 is 0.455 bits per heavy atom. The van der Waals surface area contributed by atoms with Crippen molar-refractivity contribution in [2.75, 3.05) is 0 Å². The van der Waals surface area contributed by atoms with E-state index in [0.717, 1.165) is 35.6 Å². The Balaban J connectivity index is 0.000000449. The molecular weight excluding hydrogens is 997 g/mol. The lowest BCUT2D eigenvalue weighted by molar-refractivity contribution is 0.1000. The van der Waals surface area contributed by atoms with Gasteiger partial charge in [-0.3, -0.25) is 19.2 Å². The second-order valence-corrected chi connectivity index (χ2v) is 17.4. The number of benzene rings is 7. The molecule has 7 aromatic rings. The Morgan fingerprint density at radius 3 is 1.36 bits per heavy atom. The Hall–Kier alpha value is -9.58. The van der Waals surface area contributed by atoms with Crippen molar-refractivity contribution in [1.82, 2.24) is 0 Å². The Morgan fingerprint density at radius 2 is 0.961 bits per heavy atom. The van der Waals surface area contributed by atoms with E-state index in [1.807, 2.05) is 34.6 Å². The second-order valence-electron chi connectivity index (χ2n) is 17.4. The van der Waals surface area contributed by atoms with Gasteiger partial charge in [0.1, 0.15) is 63.1 Å². The molecule has 412 valence electrons. The molecule has 18 heteroatoms. The van der Waals surface area contributed by atoms with Crippen LogP contribution in [-0.4, -0.2) is 95.1 Å². The summed E-state index contributed by atoms with van der Waals surface area (Å²) in [6.07, 6.45) is 2.27. The van der Waals surface area contributed by atoms with Crippen molar-refractivity contribution in [3.63, 3.8) is 0 Å². The van der Waals surface area contributed by atoms with E-state index in [1.165, 1.54) is 99.6 Å². The van der Waals surface area contributed by atoms with Crippen LogP contribution in [0.4, 0.5) is 0 Å². The molecule has 0 aliphatic carbocycles. The maximum Gasteiger partial charge on any atom is 0.167 e. The van der Waals surface area contributed by atoms with Crippen LogP contribution in [0.15, 0.2) is 121 Å². The third-order valence-electron chi connectivity index (χ3n) is 10.4. The van der Waals surface area contributed by atoms with E-state index in [1.54, 1.807) is 43.3 Å². The van der Waals surface area contributed by atoms with Gasteiger partial charge in [0.2, 0.25) is 0 Å². The quantitative estimate of drug-likeness (QED) is 0.0382. The maximum absolute atomic E-state index is 10.8. The highest BCUT2D eigenvalue weighted by atomic mass is 16.3. The van der Waals surface area contributed by atoms with Gasteiger partial charge in [-0.2, -0.15) is 0 Å². The maximum atomic E-state index is 10.8. The van der Waals surface area contributed by atoms with E-state index < -0.39 is 0 Å². The summed E-state index contributed by atoms with van der Waals surface area (Å²) in [5.74, 6) is -1.15. The van der Waals surface area contributed by atoms with Crippen LogP contribution >= 0.6 is 0 Å². The van der Waals surface area contributed by atoms with Crippen LogP contribution in [0.1, 0.15) is 137 Å². The highest BCUT2D eigenvalue weighted by molar-refractivity contribution is 5.99. The number of aldehydes is 1. The van der Waals surface area contributed by atoms with Gasteiger partial charge in [-0.15, -0.1) is 0 Å². The molecule has 0 bridgehead atoms. The Bertz CT molecular complexity index is 3000. The molecule has 0 saturated carbocycles. The summed E-state index contributed by atoms with van der Waals surface area (Å²) in [7, 11) is 0. The number of hydrogen-bond donors (Lipinski definition) is 14. The van der Waals surface area contributed by atoms with E-state index >= 15 is 0 Å². The molecule has 0 unspecified atom stereocenters. The van der Waals surface area contributed by atoms with Crippen LogP contribution in [-0.2, 0) is 6.42 Å². The first-order valence-corrected chi connectivity index (χ1v) is 23.6. The number of rotatable bonds is 8. The van der Waals surface area contributed by atoms with Crippen molar-refractivity contribution in [3.05, 3.63) is 166 Å². The summed E-state index contributed by atoms with van der Waals surface area (Å²) in [5, 5.41) is 127. The van der Waals surface area contributed by atoms with E-state index in [0.29, 0.717) is 23.3 Å². The van der Waals surface area contributed by atoms with Gasteiger partial charge in [0.05, 0.1) is 11.1 Å². The molecule has 0 saturated heterocycles. The minimum Gasteiger partial charge on any atom is -0.508 e. The number of aryl methyl sites for hydroxylation is 2. The van der Waals surface area contributed by atoms with Gasteiger partial charge in [0.15, 0.2) is 46.6 Å². The molecule has 18 nitrogen and oxygen atoms in total. The lowest BCUT2D eigenvalue weighted by Crippen LogP contribution is -1.92. The molecule has 0 fully saturated rings. The average molecular weight is 1070 g/mol. The van der Waals surface area contributed by atoms with Crippen molar-refractivity contribution in [3.8, 4) is 80.5 Å². The van der Waals surface area contributed by atoms with E-state index in [2.05, 4.69) is 0 Å². The molecular formula is C59H68O18. The van der Waals surface area contributed by atoms with Crippen LogP contribution in [0.25, 0.3) is 0 Å². The van der Waals surface area contributed by atoms with Crippen LogP contribution in [0.2, 0.25) is 0 Å². The van der Waals surface area contributed by atoms with Crippen molar-refractivity contribution in [2.24, 2.45) is 0 Å². The third-order valence-corrected chi connectivity index (χ3v) is 10.4. The standard InChI is InChI=1S/3C9H12O2.4C8H8O3/c1-6(2)7-3-4-8(10)9(11)5-7;1-6(2)7-4-3-5-8(10)9(7)11;1-2-3-7-4-5-8(10)6-9(7)11;1-5(9)6-2-7(10)4-8(11)3-6;1-5-2-7(10)6(4-9)8(11)3-5;1-5(9)7-3-2-6(10)4-8(7)11;1-5(9)8-6(10)3-2-4-7(8)11/h2*3-6,10-11H,1-2H3;4-6,10-11H,2-3H2,1H3;4*2-4,10-11H,1H3.